The van der Waals surface area contributed by atoms with Crippen LogP contribution < -0.4 is 14.4 Å². The summed E-state index contributed by atoms with van der Waals surface area (Å²) in [5, 5.41) is 1.40. The van der Waals surface area contributed by atoms with Crippen molar-refractivity contribution in [3.8, 4) is 11.5 Å². The zero-order chi connectivity index (χ0) is 18.4. The van der Waals surface area contributed by atoms with Crippen LogP contribution in [-0.4, -0.2) is 26.0 Å². The van der Waals surface area contributed by atoms with E-state index in [0.717, 1.165) is 10.9 Å². The molecular formula is C21H17NO4. The van der Waals surface area contributed by atoms with E-state index in [1.807, 2.05) is 13.0 Å². The minimum Gasteiger partial charge on any atom is -0.497 e. The molecule has 0 bridgehead atoms. The highest BCUT2D eigenvalue weighted by atomic mass is 16.5. The molecular weight excluding hydrogens is 330 g/mol. The van der Waals surface area contributed by atoms with Crippen LogP contribution >= 0.6 is 0 Å². The van der Waals surface area contributed by atoms with Gasteiger partial charge in [-0.1, -0.05) is 12.1 Å². The monoisotopic (exact) mass is 347 g/mol. The van der Waals surface area contributed by atoms with E-state index in [0.29, 0.717) is 33.7 Å². The molecule has 5 heteroatoms. The van der Waals surface area contributed by atoms with E-state index in [1.165, 1.54) is 4.90 Å². The molecule has 0 atom stereocenters. The molecule has 0 radical (unpaired) electrons. The fourth-order valence-electron chi connectivity index (χ4n) is 3.47. The number of amides is 2. The zero-order valence-corrected chi connectivity index (χ0v) is 14.7. The normalized spacial score (nSPS) is 13.3. The number of ether oxygens (including phenoxy) is 2. The predicted molar refractivity (Wildman–Crippen MR) is 99.4 cm³/mol. The van der Waals surface area contributed by atoms with Crippen molar-refractivity contribution >= 4 is 28.3 Å². The van der Waals surface area contributed by atoms with Crippen LogP contribution in [0.2, 0.25) is 0 Å². The molecule has 3 aromatic rings. The van der Waals surface area contributed by atoms with Gasteiger partial charge >= 0.3 is 0 Å². The highest BCUT2D eigenvalue weighted by Gasteiger charge is 2.35. The molecule has 5 nitrogen and oxygen atoms in total. The molecule has 130 valence electrons. The number of carbonyl (C=O) groups excluding carboxylic acids is 2. The fraction of sp³-hybridized carbons (Fsp3) is 0.143. The topological polar surface area (TPSA) is 55.8 Å². The van der Waals surface area contributed by atoms with Gasteiger partial charge in [0.25, 0.3) is 11.8 Å². The second-order valence-corrected chi connectivity index (χ2v) is 6.14. The van der Waals surface area contributed by atoms with E-state index >= 15 is 0 Å². The molecule has 0 spiro atoms. The Balaban J connectivity index is 1.95. The number of aryl methyl sites for hydroxylation is 1. The third-order valence-corrected chi connectivity index (χ3v) is 4.73. The lowest BCUT2D eigenvalue weighted by atomic mass is 9.93. The molecule has 4 rings (SSSR count). The third-order valence-electron chi connectivity index (χ3n) is 4.73. The minimum atomic E-state index is -0.338. The first kappa shape index (κ1) is 16.1. The first-order valence-electron chi connectivity index (χ1n) is 8.20. The maximum absolute atomic E-state index is 13.2. The van der Waals surface area contributed by atoms with Crippen LogP contribution in [0.25, 0.3) is 10.8 Å². The Hall–Kier alpha value is -3.34. The Morgan fingerprint density at radius 2 is 1.58 bits per heavy atom. The lowest BCUT2D eigenvalue weighted by molar-refractivity contribution is 0.0893. The van der Waals surface area contributed by atoms with Crippen molar-refractivity contribution in [1.82, 2.24) is 0 Å². The predicted octanol–water partition coefficient (Wildman–Crippen LogP) is 3.97. The summed E-state index contributed by atoms with van der Waals surface area (Å²) in [5.74, 6) is 0.639. The third kappa shape index (κ3) is 2.17. The summed E-state index contributed by atoms with van der Waals surface area (Å²) < 4.78 is 10.6. The summed E-state index contributed by atoms with van der Waals surface area (Å²) in [6.07, 6.45) is 0. The average molecular weight is 347 g/mol. The minimum absolute atomic E-state index is 0.338. The van der Waals surface area contributed by atoms with Crippen molar-refractivity contribution < 1.29 is 19.1 Å². The van der Waals surface area contributed by atoms with Crippen molar-refractivity contribution in [1.29, 1.82) is 0 Å². The molecule has 0 saturated heterocycles. The van der Waals surface area contributed by atoms with Gasteiger partial charge in [-0.15, -0.1) is 0 Å². The summed E-state index contributed by atoms with van der Waals surface area (Å²) in [6, 6.07) is 14.2. The maximum Gasteiger partial charge on any atom is 0.265 e. The number of hydrogen-bond acceptors (Lipinski definition) is 4. The van der Waals surface area contributed by atoms with Crippen molar-refractivity contribution in [2.45, 2.75) is 6.92 Å². The SMILES string of the molecule is COc1ccc(N2C(=O)c3cccc4c(OC)ccc(c34)C2=O)c(C)c1. The lowest BCUT2D eigenvalue weighted by Crippen LogP contribution is -2.40. The molecule has 1 aliphatic heterocycles. The zero-order valence-electron chi connectivity index (χ0n) is 14.7. The Bertz CT molecular complexity index is 1050. The number of methoxy groups -OCH3 is 2. The highest BCUT2D eigenvalue weighted by molar-refractivity contribution is 6.36. The number of carbonyl (C=O) groups is 2. The molecule has 0 aliphatic carbocycles. The van der Waals surface area contributed by atoms with Gasteiger partial charge in [-0.3, -0.25) is 9.59 Å². The van der Waals surface area contributed by atoms with Gasteiger partial charge in [-0.2, -0.15) is 0 Å². The number of anilines is 1. The quantitative estimate of drug-likeness (QED) is 0.673. The number of hydrogen-bond donors (Lipinski definition) is 0. The number of benzene rings is 3. The molecule has 3 aromatic carbocycles. The van der Waals surface area contributed by atoms with Gasteiger partial charge in [0, 0.05) is 21.9 Å². The smallest absolute Gasteiger partial charge is 0.265 e. The standard InChI is InChI=1S/C21H17NO4/c1-12-11-13(25-2)7-9-17(12)22-20(23)15-6-4-5-14-18(26-3)10-8-16(19(14)15)21(22)24/h4-11H,1-3H3. The number of imide groups is 1. The van der Waals surface area contributed by atoms with E-state index in [2.05, 4.69) is 0 Å². The Labute approximate surface area is 150 Å². The van der Waals surface area contributed by atoms with Crippen LogP contribution in [0.5, 0.6) is 11.5 Å². The van der Waals surface area contributed by atoms with E-state index in [1.54, 1.807) is 56.7 Å². The summed E-state index contributed by atoms with van der Waals surface area (Å²) >= 11 is 0. The lowest BCUT2D eigenvalue weighted by Gasteiger charge is -2.28. The largest absolute Gasteiger partial charge is 0.497 e. The molecule has 1 aliphatic rings. The van der Waals surface area contributed by atoms with E-state index < -0.39 is 0 Å². The Morgan fingerprint density at radius 1 is 0.846 bits per heavy atom. The molecule has 0 N–H and O–H groups in total. The van der Waals surface area contributed by atoms with Crippen molar-refractivity contribution in [2.24, 2.45) is 0 Å². The highest BCUT2D eigenvalue weighted by Crippen LogP contribution is 2.38. The van der Waals surface area contributed by atoms with Gasteiger partial charge in [0.05, 0.1) is 19.9 Å². The van der Waals surface area contributed by atoms with Gasteiger partial charge in [0.1, 0.15) is 11.5 Å². The maximum atomic E-state index is 13.2. The van der Waals surface area contributed by atoms with E-state index in [4.69, 9.17) is 9.47 Å². The summed E-state index contributed by atoms with van der Waals surface area (Å²) in [4.78, 5) is 27.5. The van der Waals surface area contributed by atoms with Crippen LogP contribution in [0.3, 0.4) is 0 Å². The second kappa shape index (κ2) is 5.88. The molecule has 2 amide bonds. The van der Waals surface area contributed by atoms with Crippen LogP contribution in [0.4, 0.5) is 5.69 Å². The van der Waals surface area contributed by atoms with Gasteiger partial charge in [-0.25, -0.2) is 4.90 Å². The molecule has 0 unspecified atom stereocenters. The van der Waals surface area contributed by atoms with Crippen LogP contribution in [0.15, 0.2) is 48.5 Å². The van der Waals surface area contributed by atoms with Crippen LogP contribution in [0.1, 0.15) is 26.3 Å². The van der Waals surface area contributed by atoms with E-state index in [-0.39, 0.29) is 11.8 Å². The molecule has 26 heavy (non-hydrogen) atoms. The van der Waals surface area contributed by atoms with Crippen LogP contribution in [0, 0.1) is 6.92 Å². The first-order valence-corrected chi connectivity index (χ1v) is 8.20. The van der Waals surface area contributed by atoms with Gasteiger partial charge in [-0.05, 0) is 48.9 Å². The first-order chi connectivity index (χ1) is 12.6. The molecule has 0 saturated carbocycles. The molecule has 1 heterocycles. The van der Waals surface area contributed by atoms with Crippen molar-refractivity contribution in [3.05, 3.63) is 65.2 Å². The average Bonchev–Trinajstić information content (AvgIpc) is 2.66. The summed E-state index contributed by atoms with van der Waals surface area (Å²) in [5.41, 5.74) is 2.33. The summed E-state index contributed by atoms with van der Waals surface area (Å²) in [7, 11) is 3.15. The number of rotatable bonds is 3. The number of nitrogens with zero attached hydrogens (tertiary/aromatic N) is 1. The fourth-order valence-corrected chi connectivity index (χ4v) is 3.47. The van der Waals surface area contributed by atoms with Crippen LogP contribution in [-0.2, 0) is 0 Å². The summed E-state index contributed by atoms with van der Waals surface area (Å²) in [6.45, 7) is 1.85. The van der Waals surface area contributed by atoms with Gasteiger partial charge < -0.3 is 9.47 Å². The Kier molecular flexibility index (Phi) is 3.65. The van der Waals surface area contributed by atoms with Gasteiger partial charge in [0.2, 0.25) is 0 Å². The van der Waals surface area contributed by atoms with Crippen molar-refractivity contribution in [2.75, 3.05) is 19.1 Å². The molecule has 0 aromatic heterocycles. The molecule has 0 fully saturated rings. The van der Waals surface area contributed by atoms with Gasteiger partial charge in [0.15, 0.2) is 0 Å². The second-order valence-electron chi connectivity index (χ2n) is 6.14. The van der Waals surface area contributed by atoms with E-state index in [9.17, 15) is 9.59 Å². The Morgan fingerprint density at radius 3 is 2.23 bits per heavy atom. The van der Waals surface area contributed by atoms with Crippen molar-refractivity contribution in [3.63, 3.8) is 0 Å².